The van der Waals surface area contributed by atoms with Gasteiger partial charge in [0.05, 0.1) is 6.07 Å². The molecule has 74 valence electrons. The fourth-order valence-electron chi connectivity index (χ4n) is 1.03. The molecule has 0 aliphatic heterocycles. The molecule has 0 spiro atoms. The highest BCUT2D eigenvalue weighted by Gasteiger charge is 2.19. The first kappa shape index (κ1) is 11.9. The van der Waals surface area contributed by atoms with Gasteiger partial charge in [-0.25, -0.2) is 0 Å². The van der Waals surface area contributed by atoms with Crippen molar-refractivity contribution in [3.63, 3.8) is 0 Å². The number of carboxylic acids is 1. The number of unbranched alkanes of at least 4 members (excludes halogenated alkanes) is 1. The number of nitrogens with zero attached hydrogens (tertiary/aromatic N) is 1. The van der Waals surface area contributed by atoms with Crippen molar-refractivity contribution in [2.45, 2.75) is 32.7 Å². The summed E-state index contributed by atoms with van der Waals surface area (Å²) < 4.78 is 0. The predicted octanol–water partition coefficient (Wildman–Crippen LogP) is 0.989. The summed E-state index contributed by atoms with van der Waals surface area (Å²) in [6, 6.07) is 1.51. The second-order valence-electron chi connectivity index (χ2n) is 3.28. The van der Waals surface area contributed by atoms with Gasteiger partial charge in [-0.3, -0.25) is 4.79 Å². The zero-order chi connectivity index (χ0) is 10.3. The Morgan fingerprint density at radius 3 is 2.62 bits per heavy atom. The SMILES string of the molecule is CC(C)[C@H](NCCCC#N)C(=O)O. The topological polar surface area (TPSA) is 73.1 Å². The van der Waals surface area contributed by atoms with Crippen molar-refractivity contribution in [3.05, 3.63) is 0 Å². The van der Waals surface area contributed by atoms with Crippen LogP contribution in [0, 0.1) is 17.2 Å². The number of rotatable bonds is 6. The van der Waals surface area contributed by atoms with E-state index in [0.717, 1.165) is 0 Å². The highest BCUT2D eigenvalue weighted by atomic mass is 16.4. The highest BCUT2D eigenvalue weighted by molar-refractivity contribution is 5.73. The number of aliphatic carboxylic acids is 1. The summed E-state index contributed by atoms with van der Waals surface area (Å²) in [7, 11) is 0. The zero-order valence-electron chi connectivity index (χ0n) is 8.08. The average Bonchev–Trinajstić information content (AvgIpc) is 2.02. The summed E-state index contributed by atoms with van der Waals surface area (Å²) in [5, 5.41) is 19.9. The minimum atomic E-state index is -0.827. The van der Waals surface area contributed by atoms with E-state index in [1.165, 1.54) is 0 Å². The normalized spacial score (nSPS) is 12.5. The van der Waals surface area contributed by atoms with E-state index in [9.17, 15) is 4.79 Å². The van der Waals surface area contributed by atoms with Crippen LogP contribution in [0.1, 0.15) is 26.7 Å². The summed E-state index contributed by atoms with van der Waals surface area (Å²) in [5.74, 6) is -0.758. The van der Waals surface area contributed by atoms with Crippen LogP contribution < -0.4 is 5.32 Å². The maximum absolute atomic E-state index is 10.7. The van der Waals surface area contributed by atoms with Crippen molar-refractivity contribution in [1.29, 1.82) is 5.26 Å². The lowest BCUT2D eigenvalue weighted by molar-refractivity contribution is -0.140. The van der Waals surface area contributed by atoms with E-state index in [4.69, 9.17) is 10.4 Å². The number of carbonyl (C=O) groups is 1. The maximum Gasteiger partial charge on any atom is 0.320 e. The summed E-state index contributed by atoms with van der Waals surface area (Å²) in [6.45, 7) is 4.30. The van der Waals surface area contributed by atoms with Crippen molar-refractivity contribution < 1.29 is 9.90 Å². The van der Waals surface area contributed by atoms with Crippen LogP contribution in [0.3, 0.4) is 0 Å². The molecule has 0 bridgehead atoms. The lowest BCUT2D eigenvalue weighted by Crippen LogP contribution is -2.41. The van der Waals surface area contributed by atoms with Crippen molar-refractivity contribution in [1.82, 2.24) is 5.32 Å². The molecule has 0 radical (unpaired) electrons. The molecule has 0 fully saturated rings. The fraction of sp³-hybridized carbons (Fsp3) is 0.778. The van der Waals surface area contributed by atoms with Gasteiger partial charge >= 0.3 is 5.97 Å². The largest absolute Gasteiger partial charge is 0.480 e. The Bertz CT molecular complexity index is 196. The Labute approximate surface area is 78.6 Å². The van der Waals surface area contributed by atoms with E-state index in [2.05, 4.69) is 5.32 Å². The Kier molecular flexibility index (Phi) is 5.90. The van der Waals surface area contributed by atoms with E-state index in [-0.39, 0.29) is 5.92 Å². The molecule has 4 nitrogen and oxygen atoms in total. The molecular weight excluding hydrogens is 168 g/mol. The van der Waals surface area contributed by atoms with Gasteiger partial charge in [-0.05, 0) is 18.9 Å². The second-order valence-corrected chi connectivity index (χ2v) is 3.28. The van der Waals surface area contributed by atoms with Gasteiger partial charge in [-0.15, -0.1) is 0 Å². The summed E-state index contributed by atoms with van der Waals surface area (Å²) in [4.78, 5) is 10.7. The van der Waals surface area contributed by atoms with Crippen LogP contribution in [0.15, 0.2) is 0 Å². The van der Waals surface area contributed by atoms with E-state index < -0.39 is 12.0 Å². The van der Waals surface area contributed by atoms with Gasteiger partial charge in [0.15, 0.2) is 0 Å². The maximum atomic E-state index is 10.7. The fourth-order valence-corrected chi connectivity index (χ4v) is 1.03. The molecule has 13 heavy (non-hydrogen) atoms. The zero-order valence-corrected chi connectivity index (χ0v) is 8.08. The molecule has 0 rings (SSSR count). The molecule has 0 aromatic carbocycles. The predicted molar refractivity (Wildman–Crippen MR) is 49.1 cm³/mol. The molecule has 2 N–H and O–H groups in total. The Morgan fingerprint density at radius 2 is 2.23 bits per heavy atom. The lowest BCUT2D eigenvalue weighted by Gasteiger charge is -2.17. The van der Waals surface area contributed by atoms with Gasteiger partial charge < -0.3 is 10.4 Å². The van der Waals surface area contributed by atoms with Crippen LogP contribution in [-0.4, -0.2) is 23.7 Å². The molecule has 0 saturated carbocycles. The minimum Gasteiger partial charge on any atom is -0.480 e. The summed E-state index contributed by atoms with van der Waals surface area (Å²) in [6.07, 6.45) is 1.17. The molecule has 0 amide bonds. The first-order valence-corrected chi connectivity index (χ1v) is 4.42. The minimum absolute atomic E-state index is 0.0691. The first-order valence-electron chi connectivity index (χ1n) is 4.42. The van der Waals surface area contributed by atoms with Crippen molar-refractivity contribution in [3.8, 4) is 6.07 Å². The van der Waals surface area contributed by atoms with E-state index in [0.29, 0.717) is 19.4 Å². The molecule has 4 heteroatoms. The molecule has 0 aromatic rings. The average molecular weight is 184 g/mol. The van der Waals surface area contributed by atoms with Crippen LogP contribution in [0.25, 0.3) is 0 Å². The third kappa shape index (κ3) is 5.21. The number of carboxylic acid groups (broad SMARTS) is 1. The first-order chi connectivity index (χ1) is 6.09. The van der Waals surface area contributed by atoms with Crippen molar-refractivity contribution >= 4 is 5.97 Å². The van der Waals surface area contributed by atoms with E-state index in [1.54, 1.807) is 0 Å². The van der Waals surface area contributed by atoms with Gasteiger partial charge in [0.2, 0.25) is 0 Å². The third-order valence-electron chi connectivity index (χ3n) is 1.76. The van der Waals surface area contributed by atoms with Gasteiger partial charge in [0, 0.05) is 6.42 Å². The molecule has 0 saturated heterocycles. The van der Waals surface area contributed by atoms with Crippen LogP contribution in [-0.2, 0) is 4.79 Å². The number of nitriles is 1. The smallest absolute Gasteiger partial charge is 0.320 e. The monoisotopic (exact) mass is 184 g/mol. The standard InChI is InChI=1S/C9H16N2O2/c1-7(2)8(9(12)13)11-6-4-3-5-10/h7-8,11H,3-4,6H2,1-2H3,(H,12,13)/t8-/m0/s1. The number of hydrogen-bond acceptors (Lipinski definition) is 3. The van der Waals surface area contributed by atoms with Crippen LogP contribution in [0.5, 0.6) is 0 Å². The summed E-state index contributed by atoms with van der Waals surface area (Å²) in [5.41, 5.74) is 0. The molecular formula is C9H16N2O2. The summed E-state index contributed by atoms with van der Waals surface area (Å²) >= 11 is 0. The highest BCUT2D eigenvalue weighted by Crippen LogP contribution is 2.01. The van der Waals surface area contributed by atoms with Crippen LogP contribution >= 0.6 is 0 Å². The Hall–Kier alpha value is -1.08. The third-order valence-corrected chi connectivity index (χ3v) is 1.76. The lowest BCUT2D eigenvalue weighted by atomic mass is 10.0. The van der Waals surface area contributed by atoms with Crippen LogP contribution in [0.4, 0.5) is 0 Å². The Morgan fingerprint density at radius 1 is 1.62 bits per heavy atom. The number of nitrogens with one attached hydrogen (secondary N) is 1. The van der Waals surface area contributed by atoms with E-state index >= 15 is 0 Å². The molecule has 0 aliphatic rings. The van der Waals surface area contributed by atoms with Gasteiger partial charge in [0.25, 0.3) is 0 Å². The quantitative estimate of drug-likeness (QED) is 0.604. The molecule has 0 heterocycles. The number of hydrogen-bond donors (Lipinski definition) is 2. The van der Waals surface area contributed by atoms with Gasteiger partial charge in [0.1, 0.15) is 6.04 Å². The molecule has 0 aliphatic carbocycles. The van der Waals surface area contributed by atoms with Gasteiger partial charge in [-0.2, -0.15) is 5.26 Å². The van der Waals surface area contributed by atoms with Crippen molar-refractivity contribution in [2.24, 2.45) is 5.92 Å². The Balaban J connectivity index is 3.72. The molecule has 1 atom stereocenters. The molecule has 0 unspecified atom stereocenters. The van der Waals surface area contributed by atoms with Gasteiger partial charge in [-0.1, -0.05) is 13.8 Å². The second kappa shape index (κ2) is 6.44. The molecule has 0 aromatic heterocycles. The van der Waals surface area contributed by atoms with Crippen LogP contribution in [0.2, 0.25) is 0 Å². The van der Waals surface area contributed by atoms with Crippen molar-refractivity contribution in [2.75, 3.05) is 6.54 Å². The van der Waals surface area contributed by atoms with E-state index in [1.807, 2.05) is 19.9 Å².